The number of rotatable bonds is 5. The lowest BCUT2D eigenvalue weighted by molar-refractivity contribution is -0.156. The van der Waals surface area contributed by atoms with Gasteiger partial charge in [0.25, 0.3) is 0 Å². The quantitative estimate of drug-likeness (QED) is 0.763. The average molecular weight is 240 g/mol. The van der Waals surface area contributed by atoms with Gasteiger partial charge in [0.05, 0.1) is 12.7 Å². The van der Waals surface area contributed by atoms with Gasteiger partial charge in [-0.05, 0) is 27.7 Å². The number of nitrogens with zero attached hydrogens (tertiary/aromatic N) is 3. The lowest BCUT2D eigenvalue weighted by atomic mass is 10.2. The summed E-state index contributed by atoms with van der Waals surface area (Å²) >= 11 is 0. The molecule has 0 saturated carbocycles. The van der Waals surface area contributed by atoms with Crippen molar-refractivity contribution in [3.05, 3.63) is 12.4 Å². The third-order valence-corrected chi connectivity index (χ3v) is 2.02. The summed E-state index contributed by atoms with van der Waals surface area (Å²) in [5.74, 6) is -0.240. The van der Waals surface area contributed by atoms with Crippen molar-refractivity contribution in [3.8, 4) is 0 Å². The summed E-state index contributed by atoms with van der Waals surface area (Å²) in [6.45, 7) is 8.67. The van der Waals surface area contributed by atoms with E-state index in [-0.39, 0.29) is 12.0 Å². The van der Waals surface area contributed by atoms with Crippen molar-refractivity contribution in [2.75, 3.05) is 6.54 Å². The molecule has 1 rings (SSSR count). The minimum atomic E-state index is -0.446. The molecular weight excluding hydrogens is 220 g/mol. The van der Waals surface area contributed by atoms with Crippen LogP contribution in [0.1, 0.15) is 27.7 Å². The third-order valence-electron chi connectivity index (χ3n) is 2.02. The number of carbonyl (C=O) groups is 1. The van der Waals surface area contributed by atoms with Crippen LogP contribution < -0.4 is 5.32 Å². The Morgan fingerprint density at radius 2 is 2.24 bits per heavy atom. The second-order valence-corrected chi connectivity index (χ2v) is 4.88. The van der Waals surface area contributed by atoms with Gasteiger partial charge in [0.2, 0.25) is 0 Å². The van der Waals surface area contributed by atoms with Crippen molar-refractivity contribution in [1.29, 1.82) is 0 Å². The maximum absolute atomic E-state index is 11.6. The molecule has 1 unspecified atom stereocenters. The summed E-state index contributed by atoms with van der Waals surface area (Å²) in [5, 5.41) is 10.6. The zero-order chi connectivity index (χ0) is 12.9. The molecule has 0 aliphatic carbocycles. The van der Waals surface area contributed by atoms with E-state index < -0.39 is 5.60 Å². The standard InChI is InChI=1S/C11H20N4O2/c1-9(10(16)17-11(2,3)4)12-5-7-15-8-6-13-14-15/h6,8-9,12H,5,7H2,1-4H3. The number of hydrogen-bond donors (Lipinski definition) is 1. The molecule has 1 aromatic heterocycles. The van der Waals surface area contributed by atoms with Crippen LogP contribution >= 0.6 is 0 Å². The van der Waals surface area contributed by atoms with Gasteiger partial charge in [0.1, 0.15) is 11.6 Å². The second-order valence-electron chi connectivity index (χ2n) is 4.88. The second kappa shape index (κ2) is 5.77. The fourth-order valence-electron chi connectivity index (χ4n) is 1.22. The molecule has 1 N–H and O–H groups in total. The number of esters is 1. The first-order valence-electron chi connectivity index (χ1n) is 5.69. The van der Waals surface area contributed by atoms with Gasteiger partial charge in [-0.3, -0.25) is 9.48 Å². The van der Waals surface area contributed by atoms with Crippen LogP contribution in [0, 0.1) is 0 Å². The monoisotopic (exact) mass is 240 g/mol. The van der Waals surface area contributed by atoms with Gasteiger partial charge in [-0.25, -0.2) is 0 Å². The molecule has 0 bridgehead atoms. The van der Waals surface area contributed by atoms with Gasteiger partial charge in [0.15, 0.2) is 0 Å². The molecule has 0 aliphatic heterocycles. The van der Waals surface area contributed by atoms with Crippen molar-refractivity contribution < 1.29 is 9.53 Å². The number of aromatic nitrogens is 3. The lowest BCUT2D eigenvalue weighted by Gasteiger charge is -2.22. The maximum Gasteiger partial charge on any atom is 0.323 e. The van der Waals surface area contributed by atoms with E-state index in [0.717, 1.165) is 0 Å². The zero-order valence-electron chi connectivity index (χ0n) is 10.8. The fraction of sp³-hybridized carbons (Fsp3) is 0.727. The Balaban J connectivity index is 2.25. The molecule has 1 aromatic rings. The van der Waals surface area contributed by atoms with Crippen LogP contribution in [0.2, 0.25) is 0 Å². The predicted molar refractivity (Wildman–Crippen MR) is 63.3 cm³/mol. The first kappa shape index (κ1) is 13.6. The van der Waals surface area contributed by atoms with E-state index in [2.05, 4.69) is 15.6 Å². The molecule has 0 saturated heterocycles. The molecule has 0 spiro atoms. The predicted octanol–water partition coefficient (Wildman–Crippen LogP) is 0.598. The largest absolute Gasteiger partial charge is 0.459 e. The molecule has 1 atom stereocenters. The van der Waals surface area contributed by atoms with Gasteiger partial charge in [-0.1, -0.05) is 5.21 Å². The first-order chi connectivity index (χ1) is 7.88. The number of ether oxygens (including phenoxy) is 1. The summed E-state index contributed by atoms with van der Waals surface area (Å²) in [7, 11) is 0. The number of hydrogen-bond acceptors (Lipinski definition) is 5. The summed E-state index contributed by atoms with van der Waals surface area (Å²) in [4.78, 5) is 11.6. The van der Waals surface area contributed by atoms with E-state index in [0.29, 0.717) is 13.1 Å². The highest BCUT2D eigenvalue weighted by Crippen LogP contribution is 2.08. The van der Waals surface area contributed by atoms with E-state index in [1.165, 1.54) is 0 Å². The fourth-order valence-corrected chi connectivity index (χ4v) is 1.22. The van der Waals surface area contributed by atoms with Gasteiger partial charge < -0.3 is 10.1 Å². The molecule has 96 valence electrons. The molecule has 1 heterocycles. The van der Waals surface area contributed by atoms with E-state index in [1.807, 2.05) is 20.8 Å². The van der Waals surface area contributed by atoms with Gasteiger partial charge in [0, 0.05) is 12.7 Å². The third kappa shape index (κ3) is 5.44. The summed E-state index contributed by atoms with van der Waals surface area (Å²) < 4.78 is 6.95. The van der Waals surface area contributed by atoms with Crippen molar-refractivity contribution in [2.24, 2.45) is 0 Å². The Kier molecular flexibility index (Phi) is 4.62. The molecule has 0 radical (unpaired) electrons. The van der Waals surface area contributed by atoms with Crippen molar-refractivity contribution in [3.63, 3.8) is 0 Å². The Bertz CT molecular complexity index is 343. The van der Waals surface area contributed by atoms with Crippen LogP contribution in [0.15, 0.2) is 12.4 Å². The van der Waals surface area contributed by atoms with Crippen LogP contribution in [-0.2, 0) is 16.1 Å². The summed E-state index contributed by atoms with van der Waals surface area (Å²) in [5.41, 5.74) is -0.446. The topological polar surface area (TPSA) is 69.0 Å². The van der Waals surface area contributed by atoms with E-state index in [9.17, 15) is 4.79 Å². The van der Waals surface area contributed by atoms with Gasteiger partial charge >= 0.3 is 5.97 Å². The molecule has 17 heavy (non-hydrogen) atoms. The Morgan fingerprint density at radius 3 is 2.76 bits per heavy atom. The number of nitrogens with one attached hydrogen (secondary N) is 1. The first-order valence-corrected chi connectivity index (χ1v) is 5.69. The highest BCUT2D eigenvalue weighted by molar-refractivity contribution is 5.75. The molecule has 0 aliphatic rings. The van der Waals surface area contributed by atoms with E-state index in [4.69, 9.17) is 4.74 Å². The van der Waals surface area contributed by atoms with Crippen LogP contribution in [0.5, 0.6) is 0 Å². The Morgan fingerprint density at radius 1 is 1.53 bits per heavy atom. The average Bonchev–Trinajstić information content (AvgIpc) is 2.67. The SMILES string of the molecule is CC(NCCn1ccnn1)C(=O)OC(C)(C)C. The van der Waals surface area contributed by atoms with Crippen LogP contribution in [0.25, 0.3) is 0 Å². The van der Waals surface area contributed by atoms with Crippen LogP contribution in [0.4, 0.5) is 0 Å². The molecule has 6 heteroatoms. The van der Waals surface area contributed by atoms with Crippen molar-refractivity contribution in [2.45, 2.75) is 45.9 Å². The lowest BCUT2D eigenvalue weighted by Crippen LogP contribution is -2.40. The number of carbonyl (C=O) groups excluding carboxylic acids is 1. The summed E-state index contributed by atoms with van der Waals surface area (Å²) in [6, 6.07) is -0.322. The van der Waals surface area contributed by atoms with Gasteiger partial charge in [-0.2, -0.15) is 0 Å². The zero-order valence-corrected chi connectivity index (χ0v) is 10.8. The normalized spacial score (nSPS) is 13.4. The molecule has 0 fully saturated rings. The molecular formula is C11H20N4O2. The minimum Gasteiger partial charge on any atom is -0.459 e. The summed E-state index contributed by atoms with van der Waals surface area (Å²) in [6.07, 6.45) is 3.40. The molecule has 0 aromatic carbocycles. The molecule has 0 amide bonds. The van der Waals surface area contributed by atoms with Crippen molar-refractivity contribution in [1.82, 2.24) is 20.3 Å². The smallest absolute Gasteiger partial charge is 0.323 e. The molecule has 6 nitrogen and oxygen atoms in total. The van der Waals surface area contributed by atoms with Crippen molar-refractivity contribution >= 4 is 5.97 Å². The highest BCUT2D eigenvalue weighted by atomic mass is 16.6. The van der Waals surface area contributed by atoms with E-state index >= 15 is 0 Å². The maximum atomic E-state index is 11.6. The highest BCUT2D eigenvalue weighted by Gasteiger charge is 2.20. The van der Waals surface area contributed by atoms with Crippen LogP contribution in [-0.4, -0.2) is 39.2 Å². The van der Waals surface area contributed by atoms with Crippen LogP contribution in [0.3, 0.4) is 0 Å². The Hall–Kier alpha value is -1.43. The van der Waals surface area contributed by atoms with Gasteiger partial charge in [-0.15, -0.1) is 5.10 Å². The minimum absolute atomic E-state index is 0.240. The Labute approximate surface area is 101 Å². The van der Waals surface area contributed by atoms with E-state index in [1.54, 1.807) is 24.0 Å².